The molecule has 1 heterocycles. The van der Waals surface area contributed by atoms with Gasteiger partial charge in [0, 0.05) is 13.1 Å². The van der Waals surface area contributed by atoms with Gasteiger partial charge in [-0.3, -0.25) is 4.79 Å². The standard InChI is InChI=1S/C13H16FNO5S/c1-8-6-15(7-10(8)13(16)17)21(18,19)9-3-4-12(20-2)11(14)5-9/h3-5,8,10H,6-7H2,1-2H3,(H,16,17)/t8-,10-/m1/s1. The molecule has 0 aromatic heterocycles. The number of benzene rings is 1. The van der Waals surface area contributed by atoms with Gasteiger partial charge in [0.25, 0.3) is 0 Å². The van der Waals surface area contributed by atoms with E-state index in [1.807, 2.05) is 0 Å². The van der Waals surface area contributed by atoms with Crippen molar-refractivity contribution in [1.82, 2.24) is 4.31 Å². The number of sulfonamides is 1. The van der Waals surface area contributed by atoms with Crippen LogP contribution in [0.3, 0.4) is 0 Å². The fourth-order valence-electron chi connectivity index (χ4n) is 2.40. The molecule has 1 aromatic carbocycles. The smallest absolute Gasteiger partial charge is 0.308 e. The molecule has 0 saturated carbocycles. The van der Waals surface area contributed by atoms with Gasteiger partial charge in [0.05, 0.1) is 17.9 Å². The summed E-state index contributed by atoms with van der Waals surface area (Å²) >= 11 is 0. The van der Waals surface area contributed by atoms with Gasteiger partial charge in [0.15, 0.2) is 11.6 Å². The maximum Gasteiger partial charge on any atom is 0.308 e. The average Bonchev–Trinajstić information content (AvgIpc) is 2.81. The van der Waals surface area contributed by atoms with Crippen LogP contribution in [-0.2, 0) is 14.8 Å². The van der Waals surface area contributed by atoms with Crippen LogP contribution in [0.15, 0.2) is 23.1 Å². The van der Waals surface area contributed by atoms with E-state index >= 15 is 0 Å². The molecule has 1 aromatic rings. The molecule has 0 unspecified atom stereocenters. The topological polar surface area (TPSA) is 83.9 Å². The van der Waals surface area contributed by atoms with E-state index in [1.54, 1.807) is 6.92 Å². The molecule has 8 heteroatoms. The second-order valence-corrected chi connectivity index (χ2v) is 6.98. The van der Waals surface area contributed by atoms with Gasteiger partial charge in [-0.15, -0.1) is 0 Å². The van der Waals surface area contributed by atoms with E-state index in [1.165, 1.54) is 19.2 Å². The highest BCUT2D eigenvalue weighted by molar-refractivity contribution is 7.89. The lowest BCUT2D eigenvalue weighted by atomic mass is 9.99. The predicted octanol–water partition coefficient (Wildman–Crippen LogP) is 1.18. The lowest BCUT2D eigenvalue weighted by molar-refractivity contribution is -0.142. The van der Waals surface area contributed by atoms with Gasteiger partial charge in [-0.05, 0) is 24.1 Å². The molecule has 116 valence electrons. The van der Waals surface area contributed by atoms with Crippen LogP contribution in [0.25, 0.3) is 0 Å². The fraction of sp³-hybridized carbons (Fsp3) is 0.462. The minimum atomic E-state index is -3.91. The Morgan fingerprint density at radius 2 is 2.10 bits per heavy atom. The molecule has 0 radical (unpaired) electrons. The quantitative estimate of drug-likeness (QED) is 0.901. The number of carboxylic acids is 1. The first kappa shape index (κ1) is 15.7. The molecule has 0 spiro atoms. The van der Waals surface area contributed by atoms with Gasteiger partial charge in [0.2, 0.25) is 10.0 Å². The van der Waals surface area contributed by atoms with Crippen LogP contribution in [0.5, 0.6) is 5.75 Å². The molecule has 2 atom stereocenters. The summed E-state index contributed by atoms with van der Waals surface area (Å²) in [5.74, 6) is -2.89. The van der Waals surface area contributed by atoms with Crippen molar-refractivity contribution in [3.8, 4) is 5.75 Å². The number of halogens is 1. The Morgan fingerprint density at radius 1 is 1.43 bits per heavy atom. The van der Waals surface area contributed by atoms with Crippen molar-refractivity contribution < 1.29 is 27.4 Å². The molecule has 1 saturated heterocycles. The van der Waals surface area contributed by atoms with E-state index in [9.17, 15) is 17.6 Å². The third-order valence-corrected chi connectivity index (χ3v) is 5.48. The Morgan fingerprint density at radius 3 is 2.57 bits per heavy atom. The van der Waals surface area contributed by atoms with Gasteiger partial charge >= 0.3 is 5.97 Å². The lowest BCUT2D eigenvalue weighted by Crippen LogP contribution is -2.30. The van der Waals surface area contributed by atoms with Crippen LogP contribution in [-0.4, -0.2) is 44.0 Å². The minimum absolute atomic E-state index is 0.0489. The summed E-state index contributed by atoms with van der Waals surface area (Å²) in [5, 5.41) is 9.05. The Bertz CT molecular complexity index is 661. The maximum absolute atomic E-state index is 13.6. The molecular formula is C13H16FNO5S. The minimum Gasteiger partial charge on any atom is -0.494 e. The second-order valence-electron chi connectivity index (χ2n) is 5.04. The number of hydrogen-bond acceptors (Lipinski definition) is 4. The first-order chi connectivity index (χ1) is 9.77. The molecule has 1 N–H and O–H groups in total. The van der Waals surface area contributed by atoms with Crippen molar-refractivity contribution in [3.05, 3.63) is 24.0 Å². The summed E-state index contributed by atoms with van der Waals surface area (Å²) in [6, 6.07) is 3.36. The number of ether oxygens (including phenoxy) is 1. The van der Waals surface area contributed by atoms with Crippen molar-refractivity contribution in [2.24, 2.45) is 11.8 Å². The number of carboxylic acid groups (broad SMARTS) is 1. The highest BCUT2D eigenvalue weighted by atomic mass is 32.2. The number of aliphatic carboxylic acids is 1. The monoisotopic (exact) mass is 317 g/mol. The Labute approximate surface area is 122 Å². The van der Waals surface area contributed by atoms with Gasteiger partial charge < -0.3 is 9.84 Å². The van der Waals surface area contributed by atoms with Crippen LogP contribution in [0.2, 0.25) is 0 Å². The van der Waals surface area contributed by atoms with E-state index in [2.05, 4.69) is 0 Å². The molecule has 2 rings (SSSR count). The summed E-state index contributed by atoms with van der Waals surface area (Å²) in [6.45, 7) is 1.68. The third kappa shape index (κ3) is 2.86. The molecule has 0 aliphatic carbocycles. The zero-order valence-corrected chi connectivity index (χ0v) is 12.4. The van der Waals surface area contributed by atoms with Gasteiger partial charge in [0.1, 0.15) is 0 Å². The van der Waals surface area contributed by atoms with Crippen molar-refractivity contribution in [1.29, 1.82) is 0 Å². The zero-order valence-electron chi connectivity index (χ0n) is 11.6. The van der Waals surface area contributed by atoms with E-state index in [4.69, 9.17) is 9.84 Å². The fourth-order valence-corrected chi connectivity index (χ4v) is 3.98. The first-order valence-electron chi connectivity index (χ1n) is 6.34. The van der Waals surface area contributed by atoms with E-state index in [0.717, 1.165) is 10.4 Å². The summed E-state index contributed by atoms with van der Waals surface area (Å²) in [5.41, 5.74) is 0. The highest BCUT2D eigenvalue weighted by Gasteiger charge is 2.40. The van der Waals surface area contributed by atoms with Crippen molar-refractivity contribution >= 4 is 16.0 Å². The molecule has 6 nitrogen and oxygen atoms in total. The lowest BCUT2D eigenvalue weighted by Gasteiger charge is -2.16. The largest absolute Gasteiger partial charge is 0.494 e. The van der Waals surface area contributed by atoms with E-state index in [-0.39, 0.29) is 29.7 Å². The number of nitrogens with zero attached hydrogens (tertiary/aromatic N) is 1. The molecular weight excluding hydrogens is 301 g/mol. The Kier molecular flexibility index (Phi) is 4.20. The molecule has 0 bridgehead atoms. The number of methoxy groups -OCH3 is 1. The highest BCUT2D eigenvalue weighted by Crippen LogP contribution is 2.30. The molecule has 21 heavy (non-hydrogen) atoms. The van der Waals surface area contributed by atoms with Gasteiger partial charge in [-0.1, -0.05) is 6.92 Å². The Hall–Kier alpha value is -1.67. The van der Waals surface area contributed by atoms with Crippen molar-refractivity contribution in [2.45, 2.75) is 11.8 Å². The van der Waals surface area contributed by atoms with E-state index < -0.39 is 27.7 Å². The average molecular weight is 317 g/mol. The first-order valence-corrected chi connectivity index (χ1v) is 7.78. The zero-order chi connectivity index (χ0) is 15.8. The van der Waals surface area contributed by atoms with Crippen LogP contribution in [0.4, 0.5) is 4.39 Å². The second kappa shape index (κ2) is 5.61. The van der Waals surface area contributed by atoms with Crippen LogP contribution in [0, 0.1) is 17.7 Å². The van der Waals surface area contributed by atoms with Gasteiger partial charge in [-0.2, -0.15) is 4.31 Å². The summed E-state index contributed by atoms with van der Waals surface area (Å²) in [4.78, 5) is 10.9. The summed E-state index contributed by atoms with van der Waals surface area (Å²) in [6.07, 6.45) is 0. The Balaban J connectivity index is 2.31. The normalized spacial score (nSPS) is 23.2. The summed E-state index contributed by atoms with van der Waals surface area (Å²) < 4.78 is 44.3. The molecule has 1 fully saturated rings. The van der Waals surface area contributed by atoms with Crippen LogP contribution < -0.4 is 4.74 Å². The van der Waals surface area contributed by atoms with Crippen LogP contribution >= 0.6 is 0 Å². The predicted molar refractivity (Wildman–Crippen MR) is 72.0 cm³/mol. The molecule has 1 aliphatic heterocycles. The summed E-state index contributed by atoms with van der Waals surface area (Å²) in [7, 11) is -2.63. The van der Waals surface area contributed by atoms with Crippen molar-refractivity contribution in [3.63, 3.8) is 0 Å². The van der Waals surface area contributed by atoms with Crippen molar-refractivity contribution in [2.75, 3.05) is 20.2 Å². The number of hydrogen-bond donors (Lipinski definition) is 1. The maximum atomic E-state index is 13.6. The molecule has 0 amide bonds. The number of carbonyl (C=O) groups is 1. The van der Waals surface area contributed by atoms with Gasteiger partial charge in [-0.25, -0.2) is 12.8 Å². The van der Waals surface area contributed by atoms with Crippen LogP contribution in [0.1, 0.15) is 6.92 Å². The third-order valence-electron chi connectivity index (χ3n) is 3.66. The SMILES string of the molecule is COc1ccc(S(=O)(=O)N2C[C@@H](C)[C@H](C(=O)O)C2)cc1F. The number of rotatable bonds is 4. The molecule has 1 aliphatic rings. The van der Waals surface area contributed by atoms with E-state index in [0.29, 0.717) is 0 Å².